The SMILES string of the molecule is C=C1CCc2c(F)cccc21. The molecule has 56 valence electrons. The van der Waals surface area contributed by atoms with Gasteiger partial charge >= 0.3 is 0 Å². The fraction of sp³-hybridized carbons (Fsp3) is 0.200. The van der Waals surface area contributed by atoms with Crippen molar-refractivity contribution >= 4 is 5.57 Å². The van der Waals surface area contributed by atoms with Crippen LogP contribution in [0, 0.1) is 5.82 Å². The molecule has 1 aliphatic rings. The number of hydrogen-bond acceptors (Lipinski definition) is 0. The fourth-order valence-electron chi connectivity index (χ4n) is 1.55. The van der Waals surface area contributed by atoms with Crippen LogP contribution in [0.2, 0.25) is 0 Å². The van der Waals surface area contributed by atoms with Crippen LogP contribution >= 0.6 is 0 Å². The summed E-state index contributed by atoms with van der Waals surface area (Å²) in [5, 5.41) is 0. The van der Waals surface area contributed by atoms with Crippen molar-refractivity contribution in [3.63, 3.8) is 0 Å². The fourth-order valence-corrected chi connectivity index (χ4v) is 1.55. The smallest absolute Gasteiger partial charge is 0.127 e. The minimum atomic E-state index is -0.0823. The summed E-state index contributed by atoms with van der Waals surface area (Å²) >= 11 is 0. The van der Waals surface area contributed by atoms with E-state index < -0.39 is 0 Å². The minimum absolute atomic E-state index is 0.0823. The first-order valence-electron chi connectivity index (χ1n) is 3.74. The zero-order chi connectivity index (χ0) is 7.84. The summed E-state index contributed by atoms with van der Waals surface area (Å²) < 4.78 is 13.0. The van der Waals surface area contributed by atoms with Gasteiger partial charge in [0.25, 0.3) is 0 Å². The zero-order valence-corrected chi connectivity index (χ0v) is 6.23. The predicted octanol–water partition coefficient (Wildman–Crippen LogP) is 2.79. The molecule has 1 aromatic rings. The van der Waals surface area contributed by atoms with Gasteiger partial charge in [-0.25, -0.2) is 4.39 Å². The summed E-state index contributed by atoms with van der Waals surface area (Å²) in [7, 11) is 0. The van der Waals surface area contributed by atoms with E-state index in [-0.39, 0.29) is 5.82 Å². The quantitative estimate of drug-likeness (QED) is 0.530. The van der Waals surface area contributed by atoms with Crippen LogP contribution < -0.4 is 0 Å². The molecular weight excluding hydrogens is 139 g/mol. The first-order valence-corrected chi connectivity index (χ1v) is 3.74. The van der Waals surface area contributed by atoms with E-state index in [4.69, 9.17) is 0 Å². The first kappa shape index (κ1) is 6.59. The van der Waals surface area contributed by atoms with E-state index in [2.05, 4.69) is 6.58 Å². The monoisotopic (exact) mass is 148 g/mol. The lowest BCUT2D eigenvalue weighted by atomic mass is 10.1. The molecule has 0 spiro atoms. The highest BCUT2D eigenvalue weighted by molar-refractivity contribution is 5.70. The zero-order valence-electron chi connectivity index (χ0n) is 6.23. The summed E-state index contributed by atoms with van der Waals surface area (Å²) in [6.45, 7) is 3.87. The molecule has 0 nitrogen and oxygen atoms in total. The summed E-state index contributed by atoms with van der Waals surface area (Å²) in [5.41, 5.74) is 2.93. The minimum Gasteiger partial charge on any atom is -0.207 e. The van der Waals surface area contributed by atoms with Crippen molar-refractivity contribution < 1.29 is 4.39 Å². The van der Waals surface area contributed by atoms with Gasteiger partial charge in [0.05, 0.1) is 0 Å². The second-order valence-corrected chi connectivity index (χ2v) is 2.87. The Hall–Kier alpha value is -1.11. The van der Waals surface area contributed by atoms with Crippen molar-refractivity contribution in [2.75, 3.05) is 0 Å². The third kappa shape index (κ3) is 0.881. The average Bonchev–Trinajstić information content (AvgIpc) is 2.35. The first-order chi connectivity index (χ1) is 5.29. The van der Waals surface area contributed by atoms with E-state index in [1.54, 1.807) is 6.07 Å². The van der Waals surface area contributed by atoms with Gasteiger partial charge in [0.2, 0.25) is 0 Å². The molecule has 0 saturated carbocycles. The Kier molecular flexibility index (Phi) is 1.31. The summed E-state index contributed by atoms with van der Waals surface area (Å²) in [5.74, 6) is -0.0823. The molecule has 0 bridgehead atoms. The standard InChI is InChI=1S/C10H9F/c1-7-5-6-9-8(7)3-2-4-10(9)11/h2-4H,1,5-6H2. The van der Waals surface area contributed by atoms with Crippen LogP contribution in [-0.2, 0) is 6.42 Å². The van der Waals surface area contributed by atoms with E-state index in [0.29, 0.717) is 0 Å². The highest BCUT2D eigenvalue weighted by Gasteiger charge is 2.16. The maximum absolute atomic E-state index is 13.0. The largest absolute Gasteiger partial charge is 0.207 e. The molecule has 0 atom stereocenters. The van der Waals surface area contributed by atoms with Crippen LogP contribution in [0.1, 0.15) is 17.5 Å². The highest BCUT2D eigenvalue weighted by atomic mass is 19.1. The molecule has 0 heterocycles. The van der Waals surface area contributed by atoms with E-state index in [1.807, 2.05) is 6.07 Å². The van der Waals surface area contributed by atoms with Gasteiger partial charge < -0.3 is 0 Å². The number of fused-ring (bicyclic) bond motifs is 1. The van der Waals surface area contributed by atoms with Crippen molar-refractivity contribution in [2.45, 2.75) is 12.8 Å². The Labute approximate surface area is 65.4 Å². The Morgan fingerprint density at radius 3 is 2.82 bits per heavy atom. The van der Waals surface area contributed by atoms with Gasteiger partial charge in [-0.15, -0.1) is 0 Å². The summed E-state index contributed by atoms with van der Waals surface area (Å²) in [6.07, 6.45) is 1.73. The van der Waals surface area contributed by atoms with Gasteiger partial charge in [-0.1, -0.05) is 18.7 Å². The molecule has 2 rings (SSSR count). The molecule has 0 amide bonds. The molecule has 1 aliphatic carbocycles. The van der Waals surface area contributed by atoms with Crippen LogP contribution in [0.15, 0.2) is 24.8 Å². The van der Waals surface area contributed by atoms with E-state index in [1.165, 1.54) is 6.07 Å². The molecule has 0 radical (unpaired) electrons. The van der Waals surface area contributed by atoms with E-state index >= 15 is 0 Å². The van der Waals surface area contributed by atoms with Crippen LogP contribution in [0.4, 0.5) is 4.39 Å². The van der Waals surface area contributed by atoms with Gasteiger partial charge in [-0.3, -0.25) is 0 Å². The molecule has 0 fully saturated rings. The Bertz CT molecular complexity index is 313. The molecule has 1 heteroatoms. The van der Waals surface area contributed by atoms with Crippen molar-refractivity contribution in [1.29, 1.82) is 0 Å². The Morgan fingerprint density at radius 1 is 1.27 bits per heavy atom. The van der Waals surface area contributed by atoms with Crippen molar-refractivity contribution in [3.8, 4) is 0 Å². The molecular formula is C10H9F. The Morgan fingerprint density at radius 2 is 2.09 bits per heavy atom. The van der Waals surface area contributed by atoms with Crippen molar-refractivity contribution in [1.82, 2.24) is 0 Å². The lowest BCUT2D eigenvalue weighted by Gasteiger charge is -1.98. The summed E-state index contributed by atoms with van der Waals surface area (Å²) in [6, 6.07) is 5.19. The maximum Gasteiger partial charge on any atom is 0.127 e. The molecule has 0 aliphatic heterocycles. The second kappa shape index (κ2) is 2.19. The molecule has 1 aromatic carbocycles. The van der Waals surface area contributed by atoms with Crippen molar-refractivity contribution in [2.24, 2.45) is 0 Å². The normalized spacial score (nSPS) is 15.2. The van der Waals surface area contributed by atoms with Crippen LogP contribution in [0.5, 0.6) is 0 Å². The van der Waals surface area contributed by atoms with Crippen LogP contribution in [0.25, 0.3) is 5.57 Å². The molecule has 0 aromatic heterocycles. The van der Waals surface area contributed by atoms with Crippen LogP contribution in [0.3, 0.4) is 0 Å². The van der Waals surface area contributed by atoms with Crippen LogP contribution in [-0.4, -0.2) is 0 Å². The molecule has 0 saturated heterocycles. The van der Waals surface area contributed by atoms with Gasteiger partial charge in [0.1, 0.15) is 5.82 Å². The van der Waals surface area contributed by atoms with Gasteiger partial charge in [-0.05, 0) is 35.6 Å². The van der Waals surface area contributed by atoms with Gasteiger partial charge in [0, 0.05) is 0 Å². The number of hydrogen-bond donors (Lipinski definition) is 0. The molecule has 0 unspecified atom stereocenters. The van der Waals surface area contributed by atoms with Gasteiger partial charge in [0.15, 0.2) is 0 Å². The third-order valence-electron chi connectivity index (χ3n) is 2.18. The average molecular weight is 148 g/mol. The molecule has 11 heavy (non-hydrogen) atoms. The predicted molar refractivity (Wildman–Crippen MR) is 43.8 cm³/mol. The Balaban J connectivity index is 2.66. The number of benzene rings is 1. The second-order valence-electron chi connectivity index (χ2n) is 2.87. The third-order valence-corrected chi connectivity index (χ3v) is 2.18. The number of allylic oxidation sites excluding steroid dienone is 1. The maximum atomic E-state index is 13.0. The highest BCUT2D eigenvalue weighted by Crippen LogP contribution is 2.31. The van der Waals surface area contributed by atoms with Gasteiger partial charge in [-0.2, -0.15) is 0 Å². The summed E-state index contributed by atoms with van der Waals surface area (Å²) in [4.78, 5) is 0. The van der Waals surface area contributed by atoms with Crippen molar-refractivity contribution in [3.05, 3.63) is 41.7 Å². The topological polar surface area (TPSA) is 0 Å². The van der Waals surface area contributed by atoms with E-state index in [0.717, 1.165) is 29.5 Å². The lowest BCUT2D eigenvalue weighted by molar-refractivity contribution is 0.613. The number of rotatable bonds is 0. The number of halogens is 1. The van der Waals surface area contributed by atoms with E-state index in [9.17, 15) is 4.39 Å². The molecule has 0 N–H and O–H groups in total. The lowest BCUT2D eigenvalue weighted by Crippen LogP contribution is -1.85.